The first-order valence-electron chi connectivity index (χ1n) is 7.35. The molecule has 0 spiro atoms. The lowest BCUT2D eigenvalue weighted by atomic mass is 10.1. The lowest BCUT2D eigenvalue weighted by molar-refractivity contribution is 0.0523. The van der Waals surface area contributed by atoms with Gasteiger partial charge in [-0.25, -0.2) is 9.48 Å². The van der Waals surface area contributed by atoms with E-state index in [9.17, 15) is 4.79 Å². The van der Waals surface area contributed by atoms with Gasteiger partial charge in [0.15, 0.2) is 0 Å². The van der Waals surface area contributed by atoms with Gasteiger partial charge in [-0.3, -0.25) is 0 Å². The van der Waals surface area contributed by atoms with Gasteiger partial charge >= 0.3 is 6.09 Å². The molecule has 0 aliphatic heterocycles. The topological polar surface area (TPSA) is 69.0 Å². The van der Waals surface area contributed by atoms with Crippen LogP contribution < -0.4 is 5.32 Å². The van der Waals surface area contributed by atoms with E-state index < -0.39 is 11.7 Å². The summed E-state index contributed by atoms with van der Waals surface area (Å²) in [6, 6.07) is 8.11. The number of carbonyl (C=O) groups is 1. The largest absolute Gasteiger partial charge is 0.444 e. The van der Waals surface area contributed by atoms with Gasteiger partial charge in [0.05, 0.1) is 18.4 Å². The third-order valence-corrected chi connectivity index (χ3v) is 2.94. The minimum atomic E-state index is -0.512. The molecule has 0 aliphatic rings. The molecule has 2 rings (SSSR count). The number of aromatic nitrogens is 3. The zero-order chi connectivity index (χ0) is 16.2. The first-order chi connectivity index (χ1) is 10.4. The van der Waals surface area contributed by atoms with Crippen LogP contribution in [-0.2, 0) is 17.7 Å². The quantitative estimate of drug-likeness (QED) is 0.943. The first kappa shape index (κ1) is 16.0. The Bertz CT molecular complexity index is 644. The monoisotopic (exact) mass is 302 g/mol. The Hall–Kier alpha value is -2.37. The molecule has 2 aromatic rings. The summed E-state index contributed by atoms with van der Waals surface area (Å²) in [5, 5.41) is 10.8. The molecule has 118 valence electrons. The SMILES string of the molecule is CCc1cccc(-n2cc(CNC(=O)OC(C)(C)C)nn2)c1. The fourth-order valence-corrected chi connectivity index (χ4v) is 1.90. The summed E-state index contributed by atoms with van der Waals surface area (Å²) in [4.78, 5) is 11.6. The standard InChI is InChI=1S/C16H22N4O2/c1-5-12-7-6-8-14(9-12)20-11-13(18-19-20)10-17-15(21)22-16(2,3)4/h6-9,11H,5,10H2,1-4H3,(H,17,21). The number of hydrogen-bond donors (Lipinski definition) is 1. The van der Waals surface area contributed by atoms with Crippen LogP contribution >= 0.6 is 0 Å². The van der Waals surface area contributed by atoms with E-state index in [0.717, 1.165) is 12.1 Å². The van der Waals surface area contributed by atoms with Crippen LogP contribution in [-0.4, -0.2) is 26.7 Å². The van der Waals surface area contributed by atoms with E-state index in [2.05, 4.69) is 34.7 Å². The Morgan fingerprint density at radius 1 is 1.36 bits per heavy atom. The van der Waals surface area contributed by atoms with Gasteiger partial charge in [-0.2, -0.15) is 0 Å². The highest BCUT2D eigenvalue weighted by Crippen LogP contribution is 2.11. The van der Waals surface area contributed by atoms with Gasteiger partial charge in [0, 0.05) is 0 Å². The second-order valence-electron chi connectivity index (χ2n) is 6.03. The van der Waals surface area contributed by atoms with E-state index in [1.165, 1.54) is 5.56 Å². The highest BCUT2D eigenvalue weighted by Gasteiger charge is 2.16. The second kappa shape index (κ2) is 6.60. The Morgan fingerprint density at radius 3 is 2.82 bits per heavy atom. The zero-order valence-corrected chi connectivity index (χ0v) is 13.5. The van der Waals surface area contributed by atoms with E-state index >= 15 is 0 Å². The van der Waals surface area contributed by atoms with Crippen LogP contribution in [0, 0.1) is 0 Å². The summed E-state index contributed by atoms with van der Waals surface area (Å²) in [5.41, 5.74) is 2.35. The summed E-state index contributed by atoms with van der Waals surface area (Å²) in [7, 11) is 0. The molecule has 0 unspecified atom stereocenters. The van der Waals surface area contributed by atoms with Gasteiger partial charge in [0.1, 0.15) is 11.3 Å². The average Bonchev–Trinajstić information content (AvgIpc) is 2.92. The van der Waals surface area contributed by atoms with Crippen LogP contribution in [0.4, 0.5) is 4.79 Å². The smallest absolute Gasteiger partial charge is 0.407 e. The number of alkyl carbamates (subject to hydrolysis) is 1. The van der Waals surface area contributed by atoms with Crippen LogP contribution in [0.25, 0.3) is 5.69 Å². The molecule has 6 heteroatoms. The van der Waals surface area contributed by atoms with Gasteiger partial charge < -0.3 is 10.1 Å². The van der Waals surface area contributed by atoms with Crippen molar-refractivity contribution in [2.75, 3.05) is 0 Å². The van der Waals surface area contributed by atoms with Crippen molar-refractivity contribution in [3.05, 3.63) is 41.7 Å². The van der Waals surface area contributed by atoms with Crippen LogP contribution in [0.3, 0.4) is 0 Å². The molecule has 1 N–H and O–H groups in total. The van der Waals surface area contributed by atoms with Crippen molar-refractivity contribution in [3.63, 3.8) is 0 Å². The molecule has 1 heterocycles. The van der Waals surface area contributed by atoms with Crippen molar-refractivity contribution in [3.8, 4) is 5.69 Å². The molecular formula is C16H22N4O2. The normalized spacial score (nSPS) is 11.3. The minimum absolute atomic E-state index is 0.280. The number of rotatable bonds is 4. The summed E-state index contributed by atoms with van der Waals surface area (Å²) in [5.74, 6) is 0. The second-order valence-corrected chi connectivity index (χ2v) is 6.03. The average molecular weight is 302 g/mol. The maximum absolute atomic E-state index is 11.6. The molecule has 0 fully saturated rings. The summed E-state index contributed by atoms with van der Waals surface area (Å²) >= 11 is 0. The number of nitrogens with one attached hydrogen (secondary N) is 1. The van der Waals surface area contributed by atoms with Gasteiger partial charge in [0.2, 0.25) is 0 Å². The molecule has 1 aromatic heterocycles. The Kier molecular flexibility index (Phi) is 4.80. The molecule has 6 nitrogen and oxygen atoms in total. The zero-order valence-electron chi connectivity index (χ0n) is 13.5. The summed E-state index contributed by atoms with van der Waals surface area (Å²) in [6.45, 7) is 7.86. The highest BCUT2D eigenvalue weighted by atomic mass is 16.6. The van der Waals surface area contributed by atoms with E-state index in [1.54, 1.807) is 10.9 Å². The lowest BCUT2D eigenvalue weighted by Gasteiger charge is -2.19. The van der Waals surface area contributed by atoms with E-state index in [1.807, 2.05) is 32.9 Å². The van der Waals surface area contributed by atoms with E-state index in [-0.39, 0.29) is 6.54 Å². The minimum Gasteiger partial charge on any atom is -0.444 e. The Labute approximate surface area is 130 Å². The van der Waals surface area contributed by atoms with E-state index in [0.29, 0.717) is 5.69 Å². The van der Waals surface area contributed by atoms with Crippen molar-refractivity contribution in [1.82, 2.24) is 20.3 Å². The molecular weight excluding hydrogens is 280 g/mol. The highest BCUT2D eigenvalue weighted by molar-refractivity contribution is 5.67. The third-order valence-electron chi connectivity index (χ3n) is 2.94. The van der Waals surface area contributed by atoms with Crippen LogP contribution in [0.5, 0.6) is 0 Å². The van der Waals surface area contributed by atoms with Gasteiger partial charge in [-0.05, 0) is 44.9 Å². The van der Waals surface area contributed by atoms with Crippen LogP contribution in [0.2, 0.25) is 0 Å². The van der Waals surface area contributed by atoms with Crippen LogP contribution in [0.1, 0.15) is 39.0 Å². The first-order valence-corrected chi connectivity index (χ1v) is 7.35. The number of carbonyl (C=O) groups excluding carboxylic acids is 1. The van der Waals surface area contributed by atoms with Crippen molar-refractivity contribution in [2.45, 2.75) is 46.3 Å². The number of hydrogen-bond acceptors (Lipinski definition) is 4. The molecule has 0 aliphatic carbocycles. The fraction of sp³-hybridized carbons (Fsp3) is 0.438. The van der Waals surface area contributed by atoms with Crippen molar-refractivity contribution >= 4 is 6.09 Å². The van der Waals surface area contributed by atoms with Crippen molar-refractivity contribution < 1.29 is 9.53 Å². The van der Waals surface area contributed by atoms with Crippen molar-refractivity contribution in [2.24, 2.45) is 0 Å². The molecule has 0 radical (unpaired) electrons. The molecule has 0 bridgehead atoms. The number of amides is 1. The predicted molar refractivity (Wildman–Crippen MR) is 83.8 cm³/mol. The maximum atomic E-state index is 11.6. The molecule has 0 atom stereocenters. The number of nitrogens with zero attached hydrogens (tertiary/aromatic N) is 3. The fourth-order valence-electron chi connectivity index (χ4n) is 1.90. The third kappa shape index (κ3) is 4.58. The summed E-state index contributed by atoms with van der Waals surface area (Å²) < 4.78 is 6.88. The Balaban J connectivity index is 1.98. The number of ether oxygens (including phenoxy) is 1. The van der Waals surface area contributed by atoms with Crippen LogP contribution in [0.15, 0.2) is 30.5 Å². The van der Waals surface area contributed by atoms with Gasteiger partial charge in [-0.15, -0.1) is 5.10 Å². The lowest BCUT2D eigenvalue weighted by Crippen LogP contribution is -2.32. The molecule has 0 saturated carbocycles. The molecule has 1 aromatic carbocycles. The van der Waals surface area contributed by atoms with E-state index in [4.69, 9.17) is 4.74 Å². The molecule has 22 heavy (non-hydrogen) atoms. The summed E-state index contributed by atoms with van der Waals surface area (Å²) in [6.07, 6.45) is 2.30. The van der Waals surface area contributed by atoms with Gasteiger partial charge in [0.25, 0.3) is 0 Å². The van der Waals surface area contributed by atoms with Gasteiger partial charge in [-0.1, -0.05) is 24.3 Å². The Morgan fingerprint density at radius 2 is 2.14 bits per heavy atom. The van der Waals surface area contributed by atoms with Crippen molar-refractivity contribution in [1.29, 1.82) is 0 Å². The number of benzene rings is 1. The molecule has 0 saturated heterocycles. The number of aryl methyl sites for hydroxylation is 1. The predicted octanol–water partition coefficient (Wildman–Crippen LogP) is 2.85. The molecule has 1 amide bonds. The maximum Gasteiger partial charge on any atom is 0.407 e.